The zero-order valence-corrected chi connectivity index (χ0v) is 16.4. The number of aryl methyl sites for hydroxylation is 1. The van der Waals surface area contributed by atoms with Crippen LogP contribution in [0.3, 0.4) is 0 Å². The number of aromatic nitrogens is 2. The van der Waals surface area contributed by atoms with Crippen LogP contribution in [0.4, 0.5) is 5.69 Å². The third-order valence-electron chi connectivity index (χ3n) is 5.13. The highest BCUT2D eigenvalue weighted by Crippen LogP contribution is 2.24. The molecule has 0 amide bonds. The molecule has 6 heteroatoms. The molecule has 2 aromatic carbocycles. The second-order valence-corrected chi connectivity index (χ2v) is 7.51. The topological polar surface area (TPSA) is 45.4 Å². The van der Waals surface area contributed by atoms with Crippen LogP contribution in [-0.2, 0) is 6.54 Å². The molecule has 0 saturated carbocycles. The lowest BCUT2D eigenvalue weighted by Gasteiger charge is -2.40. The van der Waals surface area contributed by atoms with Crippen LogP contribution in [0.25, 0.3) is 11.4 Å². The average Bonchev–Trinajstić information content (AvgIpc) is 3.13. The molecule has 1 unspecified atom stereocenters. The van der Waals surface area contributed by atoms with Crippen LogP contribution in [0.5, 0.6) is 0 Å². The second kappa shape index (κ2) is 7.71. The third kappa shape index (κ3) is 3.99. The summed E-state index contributed by atoms with van der Waals surface area (Å²) in [5.41, 5.74) is 3.56. The van der Waals surface area contributed by atoms with Crippen molar-refractivity contribution in [2.24, 2.45) is 0 Å². The van der Waals surface area contributed by atoms with Crippen LogP contribution in [0.15, 0.2) is 53.1 Å². The average molecular weight is 383 g/mol. The van der Waals surface area contributed by atoms with Crippen molar-refractivity contribution in [2.45, 2.75) is 26.4 Å². The van der Waals surface area contributed by atoms with Crippen molar-refractivity contribution in [3.05, 3.63) is 65.0 Å². The number of halogens is 1. The molecule has 0 bridgehead atoms. The molecule has 0 spiro atoms. The summed E-state index contributed by atoms with van der Waals surface area (Å²) in [6.45, 7) is 8.04. The number of para-hydroxylation sites is 1. The van der Waals surface area contributed by atoms with Crippen molar-refractivity contribution in [3.63, 3.8) is 0 Å². The first kappa shape index (κ1) is 18.0. The Morgan fingerprint density at radius 2 is 1.89 bits per heavy atom. The third-order valence-corrected chi connectivity index (χ3v) is 5.38. The summed E-state index contributed by atoms with van der Waals surface area (Å²) in [6, 6.07) is 16.4. The van der Waals surface area contributed by atoms with Crippen molar-refractivity contribution in [2.75, 3.05) is 24.5 Å². The molecule has 3 aromatic rings. The van der Waals surface area contributed by atoms with Crippen LogP contribution >= 0.6 is 11.6 Å². The van der Waals surface area contributed by atoms with Crippen LogP contribution in [0.1, 0.15) is 18.4 Å². The molecule has 1 saturated heterocycles. The zero-order chi connectivity index (χ0) is 18.8. The summed E-state index contributed by atoms with van der Waals surface area (Å²) in [5, 5.41) is 4.81. The highest BCUT2D eigenvalue weighted by molar-refractivity contribution is 6.30. The van der Waals surface area contributed by atoms with E-state index in [0.717, 1.165) is 25.2 Å². The Labute approximate surface area is 164 Å². The van der Waals surface area contributed by atoms with Crippen molar-refractivity contribution in [1.82, 2.24) is 15.0 Å². The fraction of sp³-hybridized carbons (Fsp3) is 0.333. The fourth-order valence-corrected chi connectivity index (χ4v) is 3.70. The van der Waals surface area contributed by atoms with Gasteiger partial charge in [0.1, 0.15) is 0 Å². The molecular formula is C21H23ClN4O. The van der Waals surface area contributed by atoms with Crippen LogP contribution < -0.4 is 4.90 Å². The van der Waals surface area contributed by atoms with E-state index < -0.39 is 0 Å². The predicted molar refractivity (Wildman–Crippen MR) is 108 cm³/mol. The van der Waals surface area contributed by atoms with Gasteiger partial charge < -0.3 is 9.42 Å². The number of anilines is 1. The van der Waals surface area contributed by atoms with Crippen LogP contribution in [0, 0.1) is 6.92 Å². The highest BCUT2D eigenvalue weighted by Gasteiger charge is 2.26. The van der Waals surface area contributed by atoms with E-state index in [1.165, 1.54) is 11.3 Å². The highest BCUT2D eigenvalue weighted by atomic mass is 35.5. The molecule has 1 aliphatic heterocycles. The summed E-state index contributed by atoms with van der Waals surface area (Å²) in [6.07, 6.45) is 0. The molecule has 1 aromatic heterocycles. The number of rotatable bonds is 4. The minimum Gasteiger partial charge on any atom is -0.368 e. The monoisotopic (exact) mass is 382 g/mol. The molecular weight excluding hydrogens is 360 g/mol. The largest absolute Gasteiger partial charge is 0.368 e. The van der Waals surface area contributed by atoms with Crippen LogP contribution in [-0.4, -0.2) is 40.7 Å². The van der Waals surface area contributed by atoms with Gasteiger partial charge in [0, 0.05) is 41.9 Å². The second-order valence-electron chi connectivity index (χ2n) is 7.07. The lowest BCUT2D eigenvalue weighted by atomic mass is 10.1. The van der Waals surface area contributed by atoms with Gasteiger partial charge in [0.25, 0.3) is 0 Å². The van der Waals surface area contributed by atoms with E-state index in [2.05, 4.69) is 58.1 Å². The minimum atomic E-state index is 0.407. The molecule has 1 atom stereocenters. The molecule has 1 aliphatic rings. The fourth-order valence-electron chi connectivity index (χ4n) is 3.58. The van der Waals surface area contributed by atoms with Gasteiger partial charge in [0.15, 0.2) is 0 Å². The standard InChI is InChI=1S/C21H23ClN4O/c1-15-5-3-4-6-19(15)26-12-11-25(16(2)13-26)14-20-23-21(24-27-20)17-7-9-18(22)10-8-17/h3-10,16H,11-14H2,1-2H3. The minimum absolute atomic E-state index is 0.407. The van der Waals surface area contributed by atoms with Gasteiger partial charge in [-0.3, -0.25) is 4.90 Å². The Morgan fingerprint density at radius 3 is 2.63 bits per heavy atom. The van der Waals surface area contributed by atoms with Gasteiger partial charge in [0.05, 0.1) is 6.54 Å². The maximum absolute atomic E-state index is 5.94. The molecule has 4 rings (SSSR count). The summed E-state index contributed by atoms with van der Waals surface area (Å²) >= 11 is 5.94. The SMILES string of the molecule is Cc1ccccc1N1CCN(Cc2nc(-c3ccc(Cl)cc3)no2)C(C)C1. The first-order valence-electron chi connectivity index (χ1n) is 9.23. The van der Waals surface area contributed by atoms with Gasteiger partial charge in [-0.15, -0.1) is 0 Å². The molecule has 140 valence electrons. The van der Waals surface area contributed by atoms with Crippen molar-refractivity contribution in [3.8, 4) is 11.4 Å². The van der Waals surface area contributed by atoms with E-state index in [1.807, 2.05) is 24.3 Å². The number of hydrogen-bond donors (Lipinski definition) is 0. The maximum Gasteiger partial charge on any atom is 0.241 e. The van der Waals surface area contributed by atoms with Crippen molar-refractivity contribution < 1.29 is 4.52 Å². The predicted octanol–water partition coefficient (Wildman–Crippen LogP) is 4.41. The molecule has 2 heterocycles. The van der Waals surface area contributed by atoms with Gasteiger partial charge in [-0.05, 0) is 49.7 Å². The lowest BCUT2D eigenvalue weighted by Crippen LogP contribution is -2.51. The summed E-state index contributed by atoms with van der Waals surface area (Å²) in [5.74, 6) is 1.25. The normalized spacial score (nSPS) is 18.0. The van der Waals surface area contributed by atoms with Crippen molar-refractivity contribution >= 4 is 17.3 Å². The summed E-state index contributed by atoms with van der Waals surface area (Å²) < 4.78 is 5.48. The van der Waals surface area contributed by atoms with E-state index >= 15 is 0 Å². The summed E-state index contributed by atoms with van der Waals surface area (Å²) in [4.78, 5) is 9.41. The summed E-state index contributed by atoms with van der Waals surface area (Å²) in [7, 11) is 0. The Morgan fingerprint density at radius 1 is 1.11 bits per heavy atom. The Hall–Kier alpha value is -2.37. The van der Waals surface area contributed by atoms with Gasteiger partial charge >= 0.3 is 0 Å². The van der Waals surface area contributed by atoms with E-state index in [-0.39, 0.29) is 0 Å². The molecule has 0 radical (unpaired) electrons. The number of nitrogens with zero attached hydrogens (tertiary/aromatic N) is 4. The van der Waals surface area contributed by atoms with Gasteiger partial charge in [-0.2, -0.15) is 4.98 Å². The van der Waals surface area contributed by atoms with E-state index in [1.54, 1.807) is 0 Å². The molecule has 0 aliphatic carbocycles. The first-order valence-corrected chi connectivity index (χ1v) is 9.61. The van der Waals surface area contributed by atoms with E-state index in [9.17, 15) is 0 Å². The molecule has 27 heavy (non-hydrogen) atoms. The smallest absolute Gasteiger partial charge is 0.241 e. The van der Waals surface area contributed by atoms with Crippen molar-refractivity contribution in [1.29, 1.82) is 0 Å². The first-order chi connectivity index (χ1) is 13.1. The van der Waals surface area contributed by atoms with Crippen LogP contribution in [0.2, 0.25) is 5.02 Å². The molecule has 0 N–H and O–H groups in total. The molecule has 1 fully saturated rings. The lowest BCUT2D eigenvalue weighted by molar-refractivity contribution is 0.159. The van der Waals surface area contributed by atoms with Gasteiger partial charge in [-0.1, -0.05) is 35.0 Å². The number of piperazine rings is 1. The Kier molecular flexibility index (Phi) is 5.14. The Bertz CT molecular complexity index is 909. The number of hydrogen-bond acceptors (Lipinski definition) is 5. The maximum atomic E-state index is 5.94. The Balaban J connectivity index is 1.41. The molecule has 5 nitrogen and oxygen atoms in total. The quantitative estimate of drug-likeness (QED) is 0.668. The van der Waals surface area contributed by atoms with Gasteiger partial charge in [-0.25, -0.2) is 0 Å². The van der Waals surface area contributed by atoms with Gasteiger partial charge in [0.2, 0.25) is 11.7 Å². The van der Waals surface area contributed by atoms with E-state index in [4.69, 9.17) is 16.1 Å². The number of benzene rings is 2. The van der Waals surface area contributed by atoms with E-state index in [0.29, 0.717) is 29.3 Å². The zero-order valence-electron chi connectivity index (χ0n) is 15.6.